The SMILES string of the molecule is CCc1noc(CCC(=O)N(C)C2CCCN(c3ccccn3)C2)n1. The van der Waals surface area contributed by atoms with Crippen LogP contribution in [0.4, 0.5) is 5.82 Å². The second-order valence-electron chi connectivity index (χ2n) is 6.39. The van der Waals surface area contributed by atoms with Crippen LogP contribution >= 0.6 is 0 Å². The van der Waals surface area contributed by atoms with Crippen LogP contribution in [-0.4, -0.2) is 52.1 Å². The predicted molar refractivity (Wildman–Crippen MR) is 94.2 cm³/mol. The number of nitrogens with zero attached hydrogens (tertiary/aromatic N) is 5. The molecule has 1 atom stereocenters. The molecule has 134 valence electrons. The third-order valence-electron chi connectivity index (χ3n) is 4.69. The topological polar surface area (TPSA) is 75.4 Å². The van der Waals surface area contributed by atoms with Gasteiger partial charge in [-0.3, -0.25) is 4.79 Å². The summed E-state index contributed by atoms with van der Waals surface area (Å²) in [6.07, 6.45) is 5.51. The Morgan fingerprint density at radius 1 is 1.44 bits per heavy atom. The molecular formula is C18H25N5O2. The maximum atomic E-state index is 12.5. The van der Waals surface area contributed by atoms with E-state index in [-0.39, 0.29) is 11.9 Å². The quantitative estimate of drug-likeness (QED) is 0.799. The van der Waals surface area contributed by atoms with Gasteiger partial charge in [-0.25, -0.2) is 4.98 Å². The van der Waals surface area contributed by atoms with Crippen molar-refractivity contribution in [3.05, 3.63) is 36.1 Å². The Hall–Kier alpha value is -2.44. The smallest absolute Gasteiger partial charge is 0.227 e. The number of aromatic nitrogens is 3. The van der Waals surface area contributed by atoms with Crippen molar-refractivity contribution in [3.8, 4) is 0 Å². The van der Waals surface area contributed by atoms with Crippen LogP contribution in [0.3, 0.4) is 0 Å². The molecule has 1 saturated heterocycles. The van der Waals surface area contributed by atoms with E-state index in [2.05, 4.69) is 20.0 Å². The highest BCUT2D eigenvalue weighted by Crippen LogP contribution is 2.20. The molecule has 1 amide bonds. The molecule has 0 aliphatic carbocycles. The molecule has 1 unspecified atom stereocenters. The Bertz CT molecular complexity index is 688. The maximum absolute atomic E-state index is 12.5. The number of hydrogen-bond donors (Lipinski definition) is 0. The summed E-state index contributed by atoms with van der Waals surface area (Å²) in [5.74, 6) is 2.32. The largest absolute Gasteiger partial charge is 0.355 e. The van der Waals surface area contributed by atoms with Gasteiger partial charge in [-0.2, -0.15) is 4.98 Å². The summed E-state index contributed by atoms with van der Waals surface area (Å²) in [5, 5.41) is 3.87. The highest BCUT2D eigenvalue weighted by molar-refractivity contribution is 5.76. The lowest BCUT2D eigenvalue weighted by atomic mass is 10.0. The van der Waals surface area contributed by atoms with Crippen LogP contribution in [0, 0.1) is 0 Å². The number of carbonyl (C=O) groups excluding carboxylic acids is 1. The molecule has 1 aliphatic rings. The van der Waals surface area contributed by atoms with E-state index in [1.165, 1.54) is 0 Å². The number of likely N-dealkylation sites (N-methyl/N-ethyl adjacent to an activating group) is 1. The van der Waals surface area contributed by atoms with Crippen LogP contribution in [0.15, 0.2) is 28.9 Å². The summed E-state index contributed by atoms with van der Waals surface area (Å²) in [5.41, 5.74) is 0. The summed E-state index contributed by atoms with van der Waals surface area (Å²) >= 11 is 0. The van der Waals surface area contributed by atoms with Crippen molar-refractivity contribution in [2.45, 2.75) is 45.1 Å². The number of carbonyl (C=O) groups is 1. The molecule has 0 N–H and O–H groups in total. The Balaban J connectivity index is 1.54. The third kappa shape index (κ3) is 4.35. The molecule has 2 aromatic rings. The normalized spacial score (nSPS) is 17.5. The predicted octanol–water partition coefficient (Wildman–Crippen LogP) is 2.09. The first kappa shape index (κ1) is 17.4. The van der Waals surface area contributed by atoms with Crippen LogP contribution < -0.4 is 4.90 Å². The van der Waals surface area contributed by atoms with Gasteiger partial charge in [-0.1, -0.05) is 18.1 Å². The van der Waals surface area contributed by atoms with Crippen molar-refractivity contribution in [2.24, 2.45) is 0 Å². The highest BCUT2D eigenvalue weighted by Gasteiger charge is 2.26. The molecule has 25 heavy (non-hydrogen) atoms. The lowest BCUT2D eigenvalue weighted by molar-refractivity contribution is -0.132. The highest BCUT2D eigenvalue weighted by atomic mass is 16.5. The molecular weight excluding hydrogens is 318 g/mol. The summed E-state index contributed by atoms with van der Waals surface area (Å²) in [6.45, 7) is 3.78. The molecule has 0 saturated carbocycles. The summed E-state index contributed by atoms with van der Waals surface area (Å²) in [6, 6.07) is 6.14. The average Bonchev–Trinajstić information content (AvgIpc) is 3.14. The first-order valence-corrected chi connectivity index (χ1v) is 8.90. The lowest BCUT2D eigenvalue weighted by Crippen LogP contribution is -2.48. The number of pyridine rings is 1. The van der Waals surface area contributed by atoms with E-state index in [1.807, 2.05) is 43.3 Å². The first-order chi connectivity index (χ1) is 12.2. The van der Waals surface area contributed by atoms with Gasteiger partial charge in [0.25, 0.3) is 0 Å². The van der Waals surface area contributed by atoms with Crippen molar-refractivity contribution in [1.82, 2.24) is 20.0 Å². The molecule has 7 heteroatoms. The average molecular weight is 343 g/mol. The zero-order valence-electron chi connectivity index (χ0n) is 14.9. The van der Waals surface area contributed by atoms with Crippen LogP contribution in [0.1, 0.15) is 37.9 Å². The van der Waals surface area contributed by atoms with E-state index in [4.69, 9.17) is 4.52 Å². The van der Waals surface area contributed by atoms with Gasteiger partial charge in [0.05, 0.1) is 0 Å². The van der Waals surface area contributed by atoms with Gasteiger partial charge >= 0.3 is 0 Å². The van der Waals surface area contributed by atoms with Gasteiger partial charge in [0.2, 0.25) is 11.8 Å². The first-order valence-electron chi connectivity index (χ1n) is 8.90. The van der Waals surface area contributed by atoms with Crippen molar-refractivity contribution in [3.63, 3.8) is 0 Å². The maximum Gasteiger partial charge on any atom is 0.227 e. The van der Waals surface area contributed by atoms with E-state index in [1.54, 1.807) is 0 Å². The summed E-state index contributed by atoms with van der Waals surface area (Å²) < 4.78 is 5.16. The van der Waals surface area contributed by atoms with Crippen molar-refractivity contribution < 1.29 is 9.32 Å². The number of aryl methyl sites for hydroxylation is 2. The van der Waals surface area contributed by atoms with E-state index in [9.17, 15) is 4.79 Å². The molecule has 2 aromatic heterocycles. The molecule has 1 fully saturated rings. The van der Waals surface area contributed by atoms with Crippen molar-refractivity contribution in [1.29, 1.82) is 0 Å². The van der Waals surface area contributed by atoms with Crippen molar-refractivity contribution in [2.75, 3.05) is 25.0 Å². The van der Waals surface area contributed by atoms with E-state index < -0.39 is 0 Å². The van der Waals surface area contributed by atoms with Crippen LogP contribution in [0.2, 0.25) is 0 Å². The molecule has 0 radical (unpaired) electrons. The fourth-order valence-electron chi connectivity index (χ4n) is 3.15. The van der Waals surface area contributed by atoms with E-state index >= 15 is 0 Å². The minimum Gasteiger partial charge on any atom is -0.355 e. The number of anilines is 1. The zero-order valence-corrected chi connectivity index (χ0v) is 14.9. The molecule has 3 rings (SSSR count). The number of hydrogen-bond acceptors (Lipinski definition) is 6. The fraction of sp³-hybridized carbons (Fsp3) is 0.556. The van der Waals surface area contributed by atoms with Crippen LogP contribution in [0.25, 0.3) is 0 Å². The molecule has 3 heterocycles. The second kappa shape index (κ2) is 8.09. The van der Waals surface area contributed by atoms with Crippen molar-refractivity contribution >= 4 is 11.7 Å². The fourth-order valence-corrected chi connectivity index (χ4v) is 3.15. The number of piperidine rings is 1. The van der Waals surface area contributed by atoms with E-state index in [0.29, 0.717) is 24.6 Å². The van der Waals surface area contributed by atoms with Gasteiger partial charge in [0.1, 0.15) is 5.82 Å². The Kier molecular flexibility index (Phi) is 5.63. The van der Waals surface area contributed by atoms with Crippen LogP contribution in [0.5, 0.6) is 0 Å². The summed E-state index contributed by atoms with van der Waals surface area (Å²) in [7, 11) is 1.89. The molecule has 7 nitrogen and oxygen atoms in total. The summed E-state index contributed by atoms with van der Waals surface area (Å²) in [4.78, 5) is 25.3. The van der Waals surface area contributed by atoms with Gasteiger partial charge in [-0.05, 0) is 25.0 Å². The number of amides is 1. The second-order valence-corrected chi connectivity index (χ2v) is 6.39. The standard InChI is InChI=1S/C18H25N5O2/c1-3-15-20-17(25-21-15)9-10-18(24)22(2)14-7-6-12-23(13-14)16-8-4-5-11-19-16/h4-5,8,11,14H,3,6-7,9-10,12-13H2,1-2H3. The molecule has 0 aromatic carbocycles. The molecule has 0 bridgehead atoms. The van der Waals surface area contributed by atoms with Gasteiger partial charge in [0.15, 0.2) is 5.82 Å². The lowest BCUT2D eigenvalue weighted by Gasteiger charge is -2.38. The monoisotopic (exact) mass is 343 g/mol. The third-order valence-corrected chi connectivity index (χ3v) is 4.69. The molecule has 1 aliphatic heterocycles. The number of rotatable bonds is 6. The Morgan fingerprint density at radius 2 is 2.32 bits per heavy atom. The Labute approximate surface area is 148 Å². The van der Waals surface area contributed by atoms with Gasteiger partial charge in [0, 0.05) is 51.6 Å². The molecule has 0 spiro atoms. The van der Waals surface area contributed by atoms with Crippen LogP contribution in [-0.2, 0) is 17.6 Å². The van der Waals surface area contributed by atoms with Gasteiger partial charge < -0.3 is 14.3 Å². The van der Waals surface area contributed by atoms with Gasteiger partial charge in [-0.15, -0.1) is 0 Å². The minimum atomic E-state index is 0.115. The van der Waals surface area contributed by atoms with E-state index in [0.717, 1.165) is 38.2 Å². The minimum absolute atomic E-state index is 0.115. The Morgan fingerprint density at radius 3 is 3.04 bits per heavy atom. The zero-order chi connectivity index (χ0) is 17.6.